The molecule has 1 aliphatic rings. The van der Waals surface area contributed by atoms with Crippen LogP contribution in [-0.4, -0.2) is 14.1 Å². The van der Waals surface area contributed by atoms with Gasteiger partial charge in [-0.2, -0.15) is 12.8 Å². The molecular weight excluding hydrogens is 362 g/mol. The molecule has 0 radical (unpaired) electrons. The van der Waals surface area contributed by atoms with Gasteiger partial charge in [0.2, 0.25) is 0 Å². The van der Waals surface area contributed by atoms with Crippen LogP contribution in [0.4, 0.5) is 0 Å². The first-order valence-electron chi connectivity index (χ1n) is 8.28. The molecule has 2 aromatic rings. The van der Waals surface area contributed by atoms with E-state index in [-0.39, 0.29) is 16.4 Å². The van der Waals surface area contributed by atoms with Crippen molar-refractivity contribution in [2.45, 2.75) is 18.7 Å². The number of hydrogen-bond donors (Lipinski definition) is 0. The molecule has 2 aromatic carbocycles. The van der Waals surface area contributed by atoms with Gasteiger partial charge in [-0.1, -0.05) is 37.3 Å². The minimum Gasteiger partial charge on any atom is -0.875 e. The Labute approximate surface area is 158 Å². The topological polar surface area (TPSA) is 78.8 Å². The summed E-state index contributed by atoms with van der Waals surface area (Å²) in [6, 6.07) is 13.7. The molecule has 0 bridgehead atoms. The Hall–Kier alpha value is -3.12. The number of rotatable bonds is 4. The van der Waals surface area contributed by atoms with E-state index in [0.29, 0.717) is 17.1 Å². The first kappa shape index (κ1) is 18.7. The molecule has 138 valence electrons. The molecule has 27 heavy (non-hydrogen) atoms. The average molecular weight is 380 g/mol. The lowest BCUT2D eigenvalue weighted by atomic mass is 10.1. The second kappa shape index (κ2) is 7.63. The maximum atomic E-state index is 12.5. The van der Waals surface area contributed by atoms with E-state index >= 15 is 0 Å². The first-order valence-corrected chi connectivity index (χ1v) is 9.72. The number of allylic oxidation sites excluding steroid dienone is 6. The van der Waals surface area contributed by atoms with E-state index in [0.717, 1.165) is 5.56 Å². The molecule has 0 fully saturated rings. The number of sulfonamides is 1. The normalized spacial score (nSPS) is 13.6. The van der Waals surface area contributed by atoms with Crippen molar-refractivity contribution in [1.29, 1.82) is 0 Å². The van der Waals surface area contributed by atoms with E-state index in [1.54, 1.807) is 24.3 Å². The Balaban J connectivity index is 1.79. The number of benzene rings is 2. The third-order valence-electron chi connectivity index (χ3n) is 3.94. The van der Waals surface area contributed by atoms with Gasteiger partial charge in [0.15, 0.2) is 0 Å². The fourth-order valence-corrected chi connectivity index (χ4v) is 3.41. The van der Waals surface area contributed by atoms with E-state index in [4.69, 9.17) is 4.74 Å². The summed E-state index contributed by atoms with van der Waals surface area (Å²) in [5, 5.41) is 11.3. The quantitative estimate of drug-likeness (QED) is 0.758. The van der Waals surface area contributed by atoms with E-state index in [9.17, 15) is 13.5 Å². The summed E-state index contributed by atoms with van der Waals surface area (Å²) < 4.78 is 34.5. The van der Waals surface area contributed by atoms with Gasteiger partial charge in [-0.25, -0.2) is 0 Å². The fourth-order valence-electron chi connectivity index (χ4n) is 2.43. The molecule has 0 unspecified atom stereocenters. The van der Waals surface area contributed by atoms with Crippen LogP contribution in [0.3, 0.4) is 0 Å². The zero-order valence-electron chi connectivity index (χ0n) is 14.9. The number of nitrogens with zero attached hydrogens (tertiary/aromatic N) is 1. The van der Waals surface area contributed by atoms with Crippen molar-refractivity contribution in [3.63, 3.8) is 0 Å². The second-order valence-corrected chi connectivity index (χ2v) is 7.61. The monoisotopic (exact) mass is 380 g/mol. The second-order valence-electron chi connectivity index (χ2n) is 6.01. The fraction of sp³-hybridized carbons (Fsp3) is 0.0952. The summed E-state index contributed by atoms with van der Waals surface area (Å²) in [6.45, 7) is 3.38. The van der Waals surface area contributed by atoms with E-state index in [1.165, 1.54) is 31.2 Å². The van der Waals surface area contributed by atoms with Crippen LogP contribution in [-0.2, 0) is 10.0 Å². The third-order valence-corrected chi connectivity index (χ3v) is 5.26. The highest BCUT2D eigenvalue weighted by atomic mass is 32.2. The highest BCUT2D eigenvalue weighted by Gasteiger charge is 2.14. The molecule has 1 aliphatic carbocycles. The van der Waals surface area contributed by atoms with Gasteiger partial charge < -0.3 is 9.84 Å². The predicted octanol–water partition coefficient (Wildman–Crippen LogP) is 3.68. The summed E-state index contributed by atoms with van der Waals surface area (Å²) in [6.07, 6.45) is 6.11. The van der Waals surface area contributed by atoms with Crippen molar-refractivity contribution in [2.75, 3.05) is 0 Å². The van der Waals surface area contributed by atoms with Crippen molar-refractivity contribution >= 4 is 15.7 Å². The summed E-state index contributed by atoms with van der Waals surface area (Å²) in [5.74, 6) is 1.16. The maximum absolute atomic E-state index is 12.5. The smallest absolute Gasteiger partial charge is 0.282 e. The van der Waals surface area contributed by atoms with Crippen molar-refractivity contribution in [2.24, 2.45) is 4.40 Å². The highest BCUT2D eigenvalue weighted by Crippen LogP contribution is 2.26. The number of hydrogen-bond acceptors (Lipinski definition) is 4. The minimum absolute atomic E-state index is 0.0651. The van der Waals surface area contributed by atoms with E-state index < -0.39 is 10.0 Å². The van der Waals surface area contributed by atoms with Crippen LogP contribution in [0.1, 0.15) is 12.5 Å². The van der Waals surface area contributed by atoms with Crippen LogP contribution in [0.2, 0.25) is 0 Å². The van der Waals surface area contributed by atoms with Gasteiger partial charge in [0.1, 0.15) is 11.5 Å². The Kier molecular flexibility index (Phi) is 5.28. The Bertz CT molecular complexity index is 1050. The first-order chi connectivity index (χ1) is 12.8. The molecule has 0 aromatic heterocycles. The van der Waals surface area contributed by atoms with Crippen LogP contribution in [0.25, 0.3) is 0 Å². The lowest BCUT2D eigenvalue weighted by Crippen LogP contribution is -2.06. The van der Waals surface area contributed by atoms with Gasteiger partial charge in [-0.15, -0.1) is 5.76 Å². The number of para-hydroxylation sites is 1. The molecule has 0 saturated carbocycles. The summed E-state index contributed by atoms with van der Waals surface area (Å²) in [4.78, 5) is 0.0651. The number of aryl methyl sites for hydroxylation is 1. The van der Waals surface area contributed by atoms with Gasteiger partial charge in [0.05, 0.1) is 10.6 Å². The number of ether oxygens (including phenoxy) is 1. The molecule has 6 heteroatoms. The lowest BCUT2D eigenvalue weighted by Gasteiger charge is -2.11. The molecular formula is C21H18NO4S-. The highest BCUT2D eigenvalue weighted by molar-refractivity contribution is 7.90. The summed E-state index contributed by atoms with van der Waals surface area (Å²) >= 11 is 0. The molecule has 0 atom stereocenters. The molecule has 0 heterocycles. The van der Waals surface area contributed by atoms with Crippen LogP contribution < -0.4 is 9.84 Å². The van der Waals surface area contributed by atoms with Crippen molar-refractivity contribution in [3.8, 4) is 11.5 Å². The maximum Gasteiger partial charge on any atom is 0.282 e. The van der Waals surface area contributed by atoms with Gasteiger partial charge in [-0.3, -0.25) is 0 Å². The molecule has 3 rings (SSSR count). The molecule has 0 N–H and O–H groups in total. The van der Waals surface area contributed by atoms with E-state index in [2.05, 4.69) is 4.40 Å². The van der Waals surface area contributed by atoms with E-state index in [1.807, 2.05) is 31.2 Å². The largest absolute Gasteiger partial charge is 0.875 e. The standard InChI is InChI=1S/C21H19NO4S/c1-15-5-3-4-6-21(15)26-19-11-13-20(14-12-19)27(24,25)22-18-9-7-17(8-10-18)16(2)23/h3-14,23H,1-2H3/p-1. The minimum atomic E-state index is -3.86. The summed E-state index contributed by atoms with van der Waals surface area (Å²) in [7, 11) is -3.86. The third kappa shape index (κ3) is 4.54. The van der Waals surface area contributed by atoms with Crippen LogP contribution in [0, 0.1) is 6.92 Å². The Morgan fingerprint density at radius 1 is 0.963 bits per heavy atom. The SMILES string of the molecule is CC([O-])=C1C=CC(=NS(=O)(=O)c2ccc(Oc3ccccc3C)cc2)C=C1. The van der Waals surface area contributed by atoms with Crippen LogP contribution >= 0.6 is 0 Å². The van der Waals surface area contributed by atoms with Crippen molar-refractivity contribution < 1.29 is 18.3 Å². The molecule has 0 spiro atoms. The summed E-state index contributed by atoms with van der Waals surface area (Å²) in [5.41, 5.74) is 1.75. The molecule has 5 nitrogen and oxygen atoms in total. The van der Waals surface area contributed by atoms with Gasteiger partial charge in [0.25, 0.3) is 10.0 Å². The van der Waals surface area contributed by atoms with Gasteiger partial charge in [-0.05, 0) is 60.5 Å². The molecule has 0 saturated heterocycles. The van der Waals surface area contributed by atoms with Crippen LogP contribution in [0.5, 0.6) is 11.5 Å². The van der Waals surface area contributed by atoms with Crippen LogP contribution in [0.15, 0.2) is 93.5 Å². The molecule has 0 aliphatic heterocycles. The van der Waals surface area contributed by atoms with Crippen molar-refractivity contribution in [3.05, 3.63) is 89.7 Å². The molecule has 0 amide bonds. The predicted molar refractivity (Wildman–Crippen MR) is 103 cm³/mol. The lowest BCUT2D eigenvalue weighted by molar-refractivity contribution is -0.302. The average Bonchev–Trinajstić information content (AvgIpc) is 2.64. The van der Waals surface area contributed by atoms with Gasteiger partial charge >= 0.3 is 0 Å². The van der Waals surface area contributed by atoms with Gasteiger partial charge in [0, 0.05) is 0 Å². The Morgan fingerprint density at radius 2 is 1.59 bits per heavy atom. The zero-order chi connectivity index (χ0) is 19.4. The van der Waals surface area contributed by atoms with Crippen molar-refractivity contribution in [1.82, 2.24) is 0 Å². The zero-order valence-corrected chi connectivity index (χ0v) is 15.7. The Morgan fingerprint density at radius 3 is 2.19 bits per heavy atom.